The van der Waals surface area contributed by atoms with Crippen molar-refractivity contribution in [3.63, 3.8) is 0 Å². The van der Waals surface area contributed by atoms with E-state index < -0.39 is 5.97 Å². The summed E-state index contributed by atoms with van der Waals surface area (Å²) in [4.78, 5) is 22.8. The molecule has 0 bridgehead atoms. The molecule has 2 fully saturated rings. The SMILES string of the molecule is O=C(O)c1cccc(NC(=O)C2CC2C2CC2)c1. The van der Waals surface area contributed by atoms with Crippen LogP contribution in [-0.4, -0.2) is 17.0 Å². The number of anilines is 1. The molecule has 1 amide bonds. The minimum atomic E-state index is -0.978. The lowest BCUT2D eigenvalue weighted by atomic mass is 10.2. The Kier molecular flexibility index (Phi) is 2.58. The Hall–Kier alpha value is -1.84. The van der Waals surface area contributed by atoms with Gasteiger partial charge in [-0.05, 0) is 49.3 Å². The van der Waals surface area contributed by atoms with Crippen molar-refractivity contribution in [2.45, 2.75) is 19.3 Å². The molecule has 0 heterocycles. The van der Waals surface area contributed by atoms with E-state index in [9.17, 15) is 9.59 Å². The molecule has 1 aromatic carbocycles. The van der Waals surface area contributed by atoms with Crippen LogP contribution in [0.15, 0.2) is 24.3 Å². The summed E-state index contributed by atoms with van der Waals surface area (Å²) in [5.41, 5.74) is 0.767. The smallest absolute Gasteiger partial charge is 0.335 e. The zero-order valence-electron chi connectivity index (χ0n) is 9.93. The molecule has 0 aromatic heterocycles. The lowest BCUT2D eigenvalue weighted by molar-refractivity contribution is -0.117. The minimum absolute atomic E-state index is 0.0365. The van der Waals surface area contributed by atoms with Crippen molar-refractivity contribution in [2.75, 3.05) is 5.32 Å². The first-order chi connectivity index (χ1) is 8.65. The van der Waals surface area contributed by atoms with E-state index in [4.69, 9.17) is 5.11 Å². The van der Waals surface area contributed by atoms with E-state index in [-0.39, 0.29) is 17.4 Å². The number of aromatic carboxylic acids is 1. The number of carbonyl (C=O) groups is 2. The monoisotopic (exact) mass is 245 g/mol. The highest BCUT2D eigenvalue weighted by atomic mass is 16.4. The van der Waals surface area contributed by atoms with E-state index in [1.165, 1.54) is 25.0 Å². The number of benzene rings is 1. The Morgan fingerprint density at radius 2 is 2.06 bits per heavy atom. The average molecular weight is 245 g/mol. The average Bonchev–Trinajstić information content (AvgIpc) is 3.19. The molecule has 0 spiro atoms. The van der Waals surface area contributed by atoms with E-state index in [1.54, 1.807) is 12.1 Å². The number of hydrogen-bond acceptors (Lipinski definition) is 2. The Morgan fingerprint density at radius 3 is 2.72 bits per heavy atom. The second-order valence-corrected chi connectivity index (χ2v) is 5.22. The summed E-state index contributed by atoms with van der Waals surface area (Å²) in [6.07, 6.45) is 3.53. The largest absolute Gasteiger partial charge is 0.478 e. The fourth-order valence-electron chi connectivity index (χ4n) is 2.53. The van der Waals surface area contributed by atoms with Crippen LogP contribution < -0.4 is 5.32 Å². The van der Waals surface area contributed by atoms with Crippen molar-refractivity contribution in [3.8, 4) is 0 Å². The number of rotatable bonds is 4. The lowest BCUT2D eigenvalue weighted by Gasteiger charge is -2.05. The fourth-order valence-corrected chi connectivity index (χ4v) is 2.53. The summed E-state index contributed by atoms with van der Waals surface area (Å²) in [6, 6.07) is 6.38. The summed E-state index contributed by atoms with van der Waals surface area (Å²) < 4.78 is 0. The van der Waals surface area contributed by atoms with Gasteiger partial charge in [-0.1, -0.05) is 6.07 Å². The van der Waals surface area contributed by atoms with Gasteiger partial charge >= 0.3 is 5.97 Å². The number of hydrogen-bond donors (Lipinski definition) is 2. The molecular weight excluding hydrogens is 230 g/mol. The quantitative estimate of drug-likeness (QED) is 0.855. The summed E-state index contributed by atoms with van der Waals surface area (Å²) in [5, 5.41) is 11.7. The van der Waals surface area contributed by atoms with Crippen molar-refractivity contribution >= 4 is 17.6 Å². The third kappa shape index (κ3) is 2.23. The topological polar surface area (TPSA) is 66.4 Å². The Morgan fingerprint density at radius 1 is 1.28 bits per heavy atom. The van der Waals surface area contributed by atoms with Crippen molar-refractivity contribution in [2.24, 2.45) is 17.8 Å². The van der Waals surface area contributed by atoms with Crippen LogP contribution in [0.25, 0.3) is 0 Å². The number of carboxylic acids is 1. The second kappa shape index (κ2) is 4.12. The lowest BCUT2D eigenvalue weighted by Crippen LogP contribution is -2.15. The van der Waals surface area contributed by atoms with Crippen LogP contribution >= 0.6 is 0 Å². The maximum atomic E-state index is 11.9. The molecule has 0 aliphatic heterocycles. The van der Waals surface area contributed by atoms with Gasteiger partial charge in [0.1, 0.15) is 0 Å². The first-order valence-electron chi connectivity index (χ1n) is 6.29. The number of amides is 1. The molecule has 3 rings (SSSR count). The summed E-state index contributed by atoms with van der Waals surface area (Å²) in [7, 11) is 0. The third-order valence-electron chi connectivity index (χ3n) is 3.78. The summed E-state index contributed by atoms with van der Waals surface area (Å²) >= 11 is 0. The summed E-state index contributed by atoms with van der Waals surface area (Å²) in [5.74, 6) is 0.549. The predicted octanol–water partition coefficient (Wildman–Crippen LogP) is 2.37. The highest BCUT2D eigenvalue weighted by molar-refractivity contribution is 5.96. The maximum absolute atomic E-state index is 11.9. The van der Waals surface area contributed by atoms with Crippen LogP contribution in [0.4, 0.5) is 5.69 Å². The van der Waals surface area contributed by atoms with Crippen LogP contribution in [0.2, 0.25) is 0 Å². The van der Waals surface area contributed by atoms with Gasteiger partial charge in [0.05, 0.1) is 5.56 Å². The first-order valence-corrected chi connectivity index (χ1v) is 6.29. The molecule has 4 heteroatoms. The molecule has 0 radical (unpaired) electrons. The van der Waals surface area contributed by atoms with Gasteiger partial charge in [0.2, 0.25) is 5.91 Å². The van der Waals surface area contributed by atoms with Gasteiger partial charge in [0.25, 0.3) is 0 Å². The van der Waals surface area contributed by atoms with Gasteiger partial charge < -0.3 is 10.4 Å². The minimum Gasteiger partial charge on any atom is -0.478 e. The Balaban J connectivity index is 1.63. The fraction of sp³-hybridized carbons (Fsp3) is 0.429. The zero-order valence-corrected chi connectivity index (χ0v) is 9.93. The van der Waals surface area contributed by atoms with Crippen molar-refractivity contribution in [3.05, 3.63) is 29.8 Å². The molecule has 2 unspecified atom stereocenters. The standard InChI is InChI=1S/C14H15NO3/c16-13(12-7-11(12)8-4-5-8)15-10-3-1-2-9(6-10)14(17)18/h1-3,6,8,11-12H,4-5,7H2,(H,15,16)(H,17,18). The first kappa shape index (κ1) is 11.3. The molecule has 2 saturated carbocycles. The molecule has 2 aliphatic carbocycles. The van der Waals surface area contributed by atoms with E-state index in [0.29, 0.717) is 11.6 Å². The van der Waals surface area contributed by atoms with Crippen LogP contribution in [0.1, 0.15) is 29.6 Å². The molecule has 2 aliphatic rings. The Labute approximate surface area is 105 Å². The van der Waals surface area contributed by atoms with E-state index in [1.807, 2.05) is 0 Å². The van der Waals surface area contributed by atoms with Crippen LogP contribution in [0.3, 0.4) is 0 Å². The van der Waals surface area contributed by atoms with Crippen molar-refractivity contribution in [1.82, 2.24) is 0 Å². The van der Waals surface area contributed by atoms with E-state index >= 15 is 0 Å². The molecular formula is C14H15NO3. The highest BCUT2D eigenvalue weighted by Crippen LogP contribution is 2.54. The molecule has 0 saturated heterocycles. The van der Waals surface area contributed by atoms with E-state index in [2.05, 4.69) is 5.32 Å². The number of carbonyl (C=O) groups excluding carboxylic acids is 1. The third-order valence-corrected chi connectivity index (χ3v) is 3.78. The number of carboxylic acid groups (broad SMARTS) is 1. The maximum Gasteiger partial charge on any atom is 0.335 e. The zero-order chi connectivity index (χ0) is 12.7. The molecule has 4 nitrogen and oxygen atoms in total. The van der Waals surface area contributed by atoms with Crippen LogP contribution in [0, 0.1) is 17.8 Å². The molecule has 94 valence electrons. The molecule has 18 heavy (non-hydrogen) atoms. The summed E-state index contributed by atoms with van der Waals surface area (Å²) in [6.45, 7) is 0. The normalized spacial score (nSPS) is 25.6. The number of nitrogens with one attached hydrogen (secondary N) is 1. The molecule has 2 atom stereocenters. The molecule has 1 aromatic rings. The molecule has 2 N–H and O–H groups in total. The van der Waals surface area contributed by atoms with Gasteiger partial charge in [-0.15, -0.1) is 0 Å². The van der Waals surface area contributed by atoms with E-state index in [0.717, 1.165) is 12.3 Å². The van der Waals surface area contributed by atoms with Gasteiger partial charge in [-0.25, -0.2) is 4.79 Å². The predicted molar refractivity (Wildman–Crippen MR) is 66.4 cm³/mol. The van der Waals surface area contributed by atoms with Gasteiger partial charge in [0, 0.05) is 11.6 Å². The van der Waals surface area contributed by atoms with Crippen molar-refractivity contribution in [1.29, 1.82) is 0 Å². The van der Waals surface area contributed by atoms with Gasteiger partial charge in [0.15, 0.2) is 0 Å². The second-order valence-electron chi connectivity index (χ2n) is 5.22. The van der Waals surface area contributed by atoms with Crippen molar-refractivity contribution < 1.29 is 14.7 Å². The van der Waals surface area contributed by atoms with Crippen LogP contribution in [-0.2, 0) is 4.79 Å². The Bertz CT molecular complexity index is 508. The van der Waals surface area contributed by atoms with Gasteiger partial charge in [-0.2, -0.15) is 0 Å². The highest BCUT2D eigenvalue weighted by Gasteiger charge is 2.51. The van der Waals surface area contributed by atoms with Crippen LogP contribution in [0.5, 0.6) is 0 Å². The van der Waals surface area contributed by atoms with Gasteiger partial charge in [-0.3, -0.25) is 4.79 Å².